The van der Waals surface area contributed by atoms with Gasteiger partial charge in [0.15, 0.2) is 0 Å². The van der Waals surface area contributed by atoms with Gasteiger partial charge in [-0.2, -0.15) is 5.26 Å². The number of carbonyl (C=O) groups excluding carboxylic acids is 1. The summed E-state index contributed by atoms with van der Waals surface area (Å²) in [4.78, 5) is 14.1. The van der Waals surface area contributed by atoms with E-state index in [1.807, 2.05) is 49.3 Å². The van der Waals surface area contributed by atoms with Gasteiger partial charge < -0.3 is 42.8 Å². The minimum atomic E-state index is -0.680. The second-order valence-electron chi connectivity index (χ2n) is 7.96. The molecule has 0 aromatic heterocycles. The van der Waals surface area contributed by atoms with Gasteiger partial charge in [-0.25, -0.2) is 4.79 Å². The lowest BCUT2D eigenvalue weighted by Crippen LogP contribution is -2.15. The van der Waals surface area contributed by atoms with E-state index < -0.39 is 5.97 Å². The molecule has 214 valence electrons. The van der Waals surface area contributed by atoms with Gasteiger partial charge in [0, 0.05) is 26.9 Å². The Hall–Kier alpha value is -2.56. The average molecular weight is 539 g/mol. The Bertz CT molecular complexity index is 795. The maximum Gasteiger partial charge on any atom is 0.348 e. The molecule has 0 bridgehead atoms. The first-order valence-corrected chi connectivity index (χ1v) is 12.6. The maximum absolute atomic E-state index is 12.1. The summed E-state index contributed by atoms with van der Waals surface area (Å²) in [5.74, 6) is -0.680. The number of anilines is 1. The predicted molar refractivity (Wildman–Crippen MR) is 142 cm³/mol. The number of rotatable bonds is 24. The van der Waals surface area contributed by atoms with E-state index in [0.29, 0.717) is 79.3 Å². The van der Waals surface area contributed by atoms with Crippen molar-refractivity contribution < 1.29 is 42.7 Å². The molecule has 0 aliphatic rings. The van der Waals surface area contributed by atoms with Gasteiger partial charge in [-0.1, -0.05) is 12.1 Å². The maximum atomic E-state index is 12.1. The fraction of sp³-hybridized carbons (Fsp3) is 0.630. The van der Waals surface area contributed by atoms with Gasteiger partial charge in [0.1, 0.15) is 18.2 Å². The van der Waals surface area contributed by atoms with Crippen LogP contribution in [0.4, 0.5) is 5.69 Å². The first-order valence-electron chi connectivity index (χ1n) is 12.6. The summed E-state index contributed by atoms with van der Waals surface area (Å²) in [5.41, 5.74) is 1.70. The van der Waals surface area contributed by atoms with Crippen LogP contribution in [0.5, 0.6) is 0 Å². The first-order chi connectivity index (χ1) is 18.6. The van der Waals surface area contributed by atoms with Crippen molar-refractivity contribution in [2.24, 2.45) is 0 Å². The smallest absolute Gasteiger partial charge is 0.348 e. The van der Waals surface area contributed by atoms with Gasteiger partial charge in [-0.15, -0.1) is 0 Å². The van der Waals surface area contributed by atoms with E-state index in [2.05, 4.69) is 0 Å². The van der Waals surface area contributed by atoms with Gasteiger partial charge in [-0.3, -0.25) is 0 Å². The van der Waals surface area contributed by atoms with Crippen molar-refractivity contribution >= 4 is 17.7 Å². The minimum absolute atomic E-state index is 0.0493. The number of hydrogen-bond donors (Lipinski definition) is 0. The number of carbonyl (C=O) groups is 1. The summed E-state index contributed by atoms with van der Waals surface area (Å²) in [7, 11) is 5.51. The number of ether oxygens (including phenoxy) is 8. The third kappa shape index (κ3) is 17.8. The lowest BCUT2D eigenvalue weighted by atomic mass is 10.1. The van der Waals surface area contributed by atoms with E-state index in [-0.39, 0.29) is 18.8 Å². The lowest BCUT2D eigenvalue weighted by Gasteiger charge is -2.11. The largest absolute Gasteiger partial charge is 0.459 e. The van der Waals surface area contributed by atoms with Gasteiger partial charge in [-0.05, 0) is 23.8 Å². The minimum Gasteiger partial charge on any atom is -0.459 e. The highest BCUT2D eigenvalue weighted by atomic mass is 16.6. The van der Waals surface area contributed by atoms with Crippen molar-refractivity contribution in [2.75, 3.05) is 119 Å². The van der Waals surface area contributed by atoms with Crippen LogP contribution in [0, 0.1) is 11.3 Å². The topological polar surface area (TPSA) is 118 Å². The van der Waals surface area contributed by atoms with Crippen LogP contribution in [0.1, 0.15) is 5.56 Å². The summed E-state index contributed by atoms with van der Waals surface area (Å²) < 4.78 is 42.3. The lowest BCUT2D eigenvalue weighted by molar-refractivity contribution is -0.140. The zero-order valence-corrected chi connectivity index (χ0v) is 22.9. The molecule has 11 nitrogen and oxygen atoms in total. The highest BCUT2D eigenvalue weighted by molar-refractivity contribution is 5.97. The molecule has 0 aliphatic carbocycles. The number of nitrogens with zero attached hydrogens (tertiary/aromatic N) is 2. The molecule has 1 aromatic rings. The molecule has 0 amide bonds. The Morgan fingerprint density at radius 3 is 1.47 bits per heavy atom. The normalized spacial score (nSPS) is 11.4. The monoisotopic (exact) mass is 538 g/mol. The third-order valence-corrected chi connectivity index (χ3v) is 4.81. The molecular formula is C27H42N2O9. The van der Waals surface area contributed by atoms with Crippen LogP contribution in [-0.2, 0) is 42.7 Å². The van der Waals surface area contributed by atoms with E-state index in [0.717, 1.165) is 11.3 Å². The van der Waals surface area contributed by atoms with E-state index in [1.165, 1.54) is 6.08 Å². The van der Waals surface area contributed by atoms with E-state index >= 15 is 0 Å². The van der Waals surface area contributed by atoms with Gasteiger partial charge in [0.05, 0.1) is 85.9 Å². The Balaban J connectivity index is 1.92. The zero-order valence-electron chi connectivity index (χ0n) is 22.9. The highest BCUT2D eigenvalue weighted by Crippen LogP contribution is 2.15. The molecule has 1 aromatic carbocycles. The van der Waals surface area contributed by atoms with Crippen molar-refractivity contribution in [3.63, 3.8) is 0 Å². The SMILES string of the molecule is COCCOCCOCCOCCOCCOCCOCCOC(=O)/C(C#N)=C\c1ccc(N(C)C)cc1. The van der Waals surface area contributed by atoms with Crippen LogP contribution in [0.25, 0.3) is 6.08 Å². The highest BCUT2D eigenvalue weighted by Gasteiger charge is 2.10. The van der Waals surface area contributed by atoms with Crippen LogP contribution >= 0.6 is 0 Å². The molecule has 38 heavy (non-hydrogen) atoms. The average Bonchev–Trinajstić information content (AvgIpc) is 2.92. The van der Waals surface area contributed by atoms with Crippen molar-refractivity contribution in [1.82, 2.24) is 0 Å². The molecule has 0 spiro atoms. The summed E-state index contributed by atoms with van der Waals surface area (Å²) in [6, 6.07) is 9.38. The van der Waals surface area contributed by atoms with Gasteiger partial charge in [0.2, 0.25) is 0 Å². The van der Waals surface area contributed by atoms with E-state index in [4.69, 9.17) is 37.9 Å². The molecule has 0 saturated carbocycles. The standard InChI is InChI=1S/C27H42N2O9/c1-29(2)26-6-4-24(5-7-26)22-25(23-28)27(30)38-21-20-37-19-18-36-17-16-35-15-14-34-13-12-33-11-10-32-9-8-31-3/h4-7,22H,8-21H2,1-3H3/b25-22-. The summed E-state index contributed by atoms with van der Waals surface area (Å²) in [6.07, 6.45) is 1.50. The Labute approximate surface area is 226 Å². The second kappa shape index (κ2) is 23.5. The molecule has 11 heteroatoms. The summed E-state index contributed by atoms with van der Waals surface area (Å²) in [6.45, 7) is 6.11. The van der Waals surface area contributed by atoms with E-state index in [9.17, 15) is 10.1 Å². The van der Waals surface area contributed by atoms with Gasteiger partial charge >= 0.3 is 5.97 Å². The van der Waals surface area contributed by atoms with Crippen LogP contribution in [-0.4, -0.2) is 120 Å². The molecule has 0 saturated heterocycles. The molecule has 0 unspecified atom stereocenters. The Morgan fingerprint density at radius 2 is 1.11 bits per heavy atom. The van der Waals surface area contributed by atoms with Crippen LogP contribution in [0.15, 0.2) is 29.8 Å². The number of methoxy groups -OCH3 is 1. The number of benzene rings is 1. The molecular weight excluding hydrogens is 496 g/mol. The Kier molecular flexibility index (Phi) is 20.7. The van der Waals surface area contributed by atoms with Crippen molar-refractivity contribution in [1.29, 1.82) is 5.26 Å². The van der Waals surface area contributed by atoms with Crippen LogP contribution < -0.4 is 4.90 Å². The fourth-order valence-corrected chi connectivity index (χ4v) is 2.79. The quantitative estimate of drug-likeness (QED) is 0.0832. The van der Waals surface area contributed by atoms with Crippen molar-refractivity contribution in [2.45, 2.75) is 0 Å². The molecule has 0 fully saturated rings. The third-order valence-electron chi connectivity index (χ3n) is 4.81. The van der Waals surface area contributed by atoms with Crippen molar-refractivity contribution in [3.8, 4) is 6.07 Å². The summed E-state index contributed by atoms with van der Waals surface area (Å²) in [5, 5.41) is 9.27. The van der Waals surface area contributed by atoms with Crippen LogP contribution in [0.2, 0.25) is 0 Å². The number of esters is 1. The van der Waals surface area contributed by atoms with Crippen LogP contribution in [0.3, 0.4) is 0 Å². The molecule has 0 heterocycles. The molecule has 0 N–H and O–H groups in total. The molecule has 0 aliphatic heterocycles. The number of nitriles is 1. The van der Waals surface area contributed by atoms with E-state index in [1.54, 1.807) is 7.11 Å². The summed E-state index contributed by atoms with van der Waals surface area (Å²) >= 11 is 0. The zero-order chi connectivity index (χ0) is 27.7. The van der Waals surface area contributed by atoms with Crippen molar-refractivity contribution in [3.05, 3.63) is 35.4 Å². The second-order valence-corrected chi connectivity index (χ2v) is 7.96. The molecule has 0 radical (unpaired) electrons. The molecule has 1 rings (SSSR count). The predicted octanol–water partition coefficient (Wildman–Crippen LogP) is 1.95. The Morgan fingerprint density at radius 1 is 0.711 bits per heavy atom. The fourth-order valence-electron chi connectivity index (χ4n) is 2.79. The molecule has 0 atom stereocenters. The first kappa shape index (κ1) is 33.5. The van der Waals surface area contributed by atoms with Gasteiger partial charge in [0.25, 0.3) is 0 Å². The number of hydrogen-bond acceptors (Lipinski definition) is 11.